The number of benzene rings is 3. The number of rotatable bonds is 11. The van der Waals surface area contributed by atoms with Gasteiger partial charge < -0.3 is 39.9 Å². The van der Waals surface area contributed by atoms with Gasteiger partial charge in [-0.1, -0.05) is 57.3 Å². The van der Waals surface area contributed by atoms with Gasteiger partial charge in [0.2, 0.25) is 11.8 Å². The standard InChI is InChI=1S/C51H51F2N9O6/c1-25(2)40(59-48(65)67-5)46(63)61-24-50(16-17-50)27(4)42(61)44-55-23-39(58-44)30-9-13-34-33-12-8-28(20-35(33)51(52,53)36(34)21-30)29-10-14-37-38(22-29)57-45(56-37)43-31-7-11-32(19-31)62(43)47(64)41(26(3)15-18-54)60-49(66)68-6/h8-10,12-14,20-23,25,31-32,40-43H,3-4,7,11,15-17,19,24H2,1-2,5-6H3,(H,55,58)(H,56,57)(H,59,65)(H,60,66)/t31-,32+,40-,41-,42-,43?/m0/s1. The minimum absolute atomic E-state index is 0.0829. The molecule has 5 aliphatic rings. The largest absolute Gasteiger partial charge is 0.453 e. The highest BCUT2D eigenvalue weighted by molar-refractivity contribution is 5.91. The number of piperidine rings is 1. The number of hydrogen-bond acceptors (Lipinski definition) is 9. The molecule has 1 unspecified atom stereocenters. The number of imidazole rings is 2. The fourth-order valence-corrected chi connectivity index (χ4v) is 11.1. The molecule has 3 aromatic carbocycles. The molecule has 6 atom stereocenters. The Labute approximate surface area is 391 Å². The summed E-state index contributed by atoms with van der Waals surface area (Å²) in [5.74, 6) is -3.07. The van der Waals surface area contributed by atoms with E-state index in [9.17, 15) is 24.4 Å². The summed E-state index contributed by atoms with van der Waals surface area (Å²) in [7, 11) is 2.45. The lowest BCUT2D eigenvalue weighted by atomic mass is 9.96. The number of likely N-dealkylation sites (tertiary alicyclic amines) is 2. The van der Waals surface area contributed by atoms with Gasteiger partial charge >= 0.3 is 12.2 Å². The van der Waals surface area contributed by atoms with E-state index in [2.05, 4.69) is 33.8 Å². The van der Waals surface area contributed by atoms with Crippen LogP contribution in [-0.4, -0.2) is 92.6 Å². The second kappa shape index (κ2) is 16.5. The molecule has 4 amide bonds. The van der Waals surface area contributed by atoms with E-state index in [1.165, 1.54) is 26.4 Å². The molecule has 350 valence electrons. The third-order valence-electron chi connectivity index (χ3n) is 14.8. The Hall–Kier alpha value is -7.35. The Bertz CT molecular complexity index is 3000. The molecule has 2 aromatic heterocycles. The van der Waals surface area contributed by atoms with E-state index < -0.39 is 42.3 Å². The molecular weight excluding hydrogens is 873 g/mol. The van der Waals surface area contributed by atoms with Crippen molar-refractivity contribution in [2.24, 2.45) is 17.3 Å². The van der Waals surface area contributed by atoms with Crippen LogP contribution in [0.3, 0.4) is 0 Å². The molecule has 1 spiro atoms. The number of nitrogens with zero attached hydrogens (tertiary/aromatic N) is 5. The molecule has 2 bridgehead atoms. The van der Waals surface area contributed by atoms with Crippen LogP contribution in [0.1, 0.15) is 87.2 Å². The first-order valence-electron chi connectivity index (χ1n) is 22.9. The number of nitriles is 1. The van der Waals surface area contributed by atoms with Crippen molar-refractivity contribution in [2.45, 2.75) is 88.5 Å². The Morgan fingerprint density at radius 3 is 2.25 bits per heavy atom. The zero-order valence-corrected chi connectivity index (χ0v) is 38.1. The summed E-state index contributed by atoms with van der Waals surface area (Å²) in [5.41, 5.74) is 4.96. The normalized spacial score (nSPS) is 22.2. The molecular formula is C51H51F2N9O6. The number of methoxy groups -OCH3 is 2. The molecule has 2 saturated carbocycles. The van der Waals surface area contributed by atoms with Crippen molar-refractivity contribution in [1.29, 1.82) is 5.26 Å². The first-order valence-corrected chi connectivity index (χ1v) is 22.9. The quantitative estimate of drug-likeness (QED) is 0.0938. The number of H-pyrrole nitrogens is 2. The molecule has 5 aromatic rings. The number of nitrogens with one attached hydrogen (secondary N) is 4. The number of alkyl halides is 2. The van der Waals surface area contributed by atoms with Crippen LogP contribution in [-0.2, 0) is 25.0 Å². The Balaban J connectivity index is 0.904. The second-order valence-corrected chi connectivity index (χ2v) is 19.1. The van der Waals surface area contributed by atoms with Crippen molar-refractivity contribution in [3.05, 3.63) is 108 Å². The van der Waals surface area contributed by atoms with Gasteiger partial charge in [0.15, 0.2) is 0 Å². The number of aromatic amines is 2. The number of hydrogen-bond donors (Lipinski definition) is 4. The van der Waals surface area contributed by atoms with E-state index in [1.54, 1.807) is 34.2 Å². The number of aromatic nitrogens is 4. The van der Waals surface area contributed by atoms with Gasteiger partial charge in [-0.25, -0.2) is 19.6 Å². The number of alkyl carbamates (subject to hydrolysis) is 2. The van der Waals surface area contributed by atoms with Gasteiger partial charge in [0, 0.05) is 40.9 Å². The van der Waals surface area contributed by atoms with E-state index in [4.69, 9.17) is 19.4 Å². The summed E-state index contributed by atoms with van der Waals surface area (Å²) in [6.07, 6.45) is 4.23. The van der Waals surface area contributed by atoms with Crippen molar-refractivity contribution < 1.29 is 37.4 Å². The van der Waals surface area contributed by atoms with E-state index in [1.807, 2.05) is 44.2 Å². The maximum absolute atomic E-state index is 16.7. The van der Waals surface area contributed by atoms with Crippen molar-refractivity contribution in [1.82, 2.24) is 40.4 Å². The molecule has 2 saturated heterocycles. The molecule has 0 radical (unpaired) electrons. The second-order valence-electron chi connectivity index (χ2n) is 19.1. The molecule has 2 aliphatic heterocycles. The Morgan fingerprint density at radius 1 is 0.912 bits per heavy atom. The van der Waals surface area contributed by atoms with Crippen LogP contribution in [0.5, 0.6) is 0 Å². The van der Waals surface area contributed by atoms with Crippen molar-refractivity contribution >= 4 is 35.0 Å². The first-order chi connectivity index (χ1) is 32.6. The fraction of sp³-hybridized carbons (Fsp3) is 0.392. The molecule has 17 heteroatoms. The lowest BCUT2D eigenvalue weighted by Crippen LogP contribution is -2.52. The van der Waals surface area contributed by atoms with E-state index in [0.29, 0.717) is 62.7 Å². The van der Waals surface area contributed by atoms with Gasteiger partial charge in [0.1, 0.15) is 29.8 Å². The SMILES string of the molecule is C=C(CC#N)[C@H](NC(=O)OC)C(=O)N1C(c2nc3ccc(-c4ccc5c(c4)C(F)(F)c4cc(-c6c[nH]c([C@@H]7C(=C)C8(CC8)CN7C(=O)[C@@H](NC(=O)OC)C(C)C)n6)ccc4-5)cc3[nH]2)[C@H]2CC[C@@H]1C2. The maximum Gasteiger partial charge on any atom is 0.407 e. The average Bonchev–Trinajstić information content (AvgIpc) is 3.92. The molecule has 15 nitrogen and oxygen atoms in total. The molecule has 68 heavy (non-hydrogen) atoms. The van der Waals surface area contributed by atoms with Crippen LogP contribution in [0.15, 0.2) is 85.1 Å². The Kier molecular flexibility index (Phi) is 10.8. The van der Waals surface area contributed by atoms with Gasteiger partial charge in [-0.2, -0.15) is 14.0 Å². The zero-order valence-electron chi connectivity index (χ0n) is 38.1. The van der Waals surface area contributed by atoms with Crippen molar-refractivity contribution in [3.63, 3.8) is 0 Å². The van der Waals surface area contributed by atoms with Crippen LogP contribution in [0.2, 0.25) is 0 Å². The lowest BCUT2D eigenvalue weighted by molar-refractivity contribution is -0.137. The lowest BCUT2D eigenvalue weighted by Gasteiger charge is -2.36. The Morgan fingerprint density at radius 2 is 1.57 bits per heavy atom. The summed E-state index contributed by atoms with van der Waals surface area (Å²) in [6, 6.07) is 14.5. The highest BCUT2D eigenvalue weighted by atomic mass is 19.3. The topological polar surface area (TPSA) is 198 Å². The van der Waals surface area contributed by atoms with Gasteiger partial charge in [-0.3, -0.25) is 9.59 Å². The highest BCUT2D eigenvalue weighted by Crippen LogP contribution is 2.61. The van der Waals surface area contributed by atoms with Crippen LogP contribution < -0.4 is 10.6 Å². The van der Waals surface area contributed by atoms with E-state index in [0.717, 1.165) is 37.7 Å². The predicted octanol–water partition coefficient (Wildman–Crippen LogP) is 8.59. The number of ether oxygens (including phenoxy) is 2. The summed E-state index contributed by atoms with van der Waals surface area (Å²) in [6.45, 7) is 12.5. The molecule has 4 heterocycles. The highest BCUT2D eigenvalue weighted by Gasteiger charge is 2.58. The van der Waals surface area contributed by atoms with Gasteiger partial charge in [0.25, 0.3) is 5.92 Å². The molecule has 10 rings (SSSR count). The number of amides is 4. The van der Waals surface area contributed by atoms with Crippen molar-refractivity contribution in [3.8, 4) is 39.6 Å². The van der Waals surface area contributed by atoms with Gasteiger partial charge in [0.05, 0.1) is 49.5 Å². The monoisotopic (exact) mass is 923 g/mol. The summed E-state index contributed by atoms with van der Waals surface area (Å²) >= 11 is 0. The number of carbonyl (C=O) groups is 4. The smallest absolute Gasteiger partial charge is 0.407 e. The molecule has 4 fully saturated rings. The number of halogens is 2. The zero-order chi connectivity index (χ0) is 48.0. The van der Waals surface area contributed by atoms with Crippen LogP contribution in [0, 0.1) is 28.6 Å². The van der Waals surface area contributed by atoms with Gasteiger partial charge in [-0.15, -0.1) is 0 Å². The van der Waals surface area contributed by atoms with Gasteiger partial charge in [-0.05, 0) is 102 Å². The minimum atomic E-state index is -3.34. The van der Waals surface area contributed by atoms with Crippen LogP contribution >= 0.6 is 0 Å². The fourth-order valence-electron chi connectivity index (χ4n) is 11.1. The molecule has 4 N–H and O–H groups in total. The van der Waals surface area contributed by atoms with Crippen molar-refractivity contribution in [2.75, 3.05) is 20.8 Å². The van der Waals surface area contributed by atoms with E-state index >= 15 is 8.78 Å². The predicted molar refractivity (Wildman–Crippen MR) is 246 cm³/mol. The number of fused-ring (bicyclic) bond motifs is 6. The molecule has 3 aliphatic carbocycles. The summed E-state index contributed by atoms with van der Waals surface area (Å²) in [5, 5.41) is 14.6. The third-order valence-corrected chi connectivity index (χ3v) is 14.8. The third kappa shape index (κ3) is 7.19. The average molecular weight is 924 g/mol. The summed E-state index contributed by atoms with van der Waals surface area (Å²) in [4.78, 5) is 72.7. The van der Waals surface area contributed by atoms with Crippen LogP contribution in [0.4, 0.5) is 18.4 Å². The maximum atomic E-state index is 16.7. The summed E-state index contributed by atoms with van der Waals surface area (Å²) < 4.78 is 43.1. The minimum Gasteiger partial charge on any atom is -0.453 e. The number of carbonyl (C=O) groups excluding carboxylic acids is 4. The van der Waals surface area contributed by atoms with E-state index in [-0.39, 0.29) is 58.2 Å². The van der Waals surface area contributed by atoms with Crippen LogP contribution in [0.25, 0.3) is 44.5 Å². The first kappa shape index (κ1) is 44.5.